The molecule has 2 N–H and O–H groups in total. The lowest BCUT2D eigenvalue weighted by Gasteiger charge is -2.18. The number of aromatic nitrogens is 4. The molecular formula is C17H19ClN6O. The van der Waals surface area contributed by atoms with E-state index in [1.54, 1.807) is 10.9 Å². The molecule has 130 valence electrons. The van der Waals surface area contributed by atoms with Gasteiger partial charge < -0.3 is 0 Å². The average Bonchev–Trinajstić information content (AvgIpc) is 2.98. The van der Waals surface area contributed by atoms with Crippen LogP contribution in [0.1, 0.15) is 26.3 Å². The zero-order valence-electron chi connectivity index (χ0n) is 14.5. The number of hydrogen-bond acceptors (Lipinski definition) is 5. The summed E-state index contributed by atoms with van der Waals surface area (Å²) in [5.74, 6) is 0.339. The summed E-state index contributed by atoms with van der Waals surface area (Å²) in [5.41, 5.74) is 7.48. The Morgan fingerprint density at radius 3 is 2.72 bits per heavy atom. The third-order valence-corrected chi connectivity index (χ3v) is 3.98. The Hall–Kier alpha value is -2.67. The van der Waals surface area contributed by atoms with Gasteiger partial charge in [0.25, 0.3) is 0 Å². The van der Waals surface area contributed by atoms with Gasteiger partial charge in [0, 0.05) is 10.4 Å². The Morgan fingerprint density at radius 1 is 1.24 bits per heavy atom. The van der Waals surface area contributed by atoms with E-state index < -0.39 is 5.41 Å². The molecule has 1 amide bonds. The normalized spacial score (nSPS) is 11.6. The van der Waals surface area contributed by atoms with Crippen LogP contribution in [0.15, 0.2) is 30.7 Å². The van der Waals surface area contributed by atoms with Gasteiger partial charge >= 0.3 is 0 Å². The number of carbonyl (C=O) groups excluding carboxylic acids is 1. The first-order valence-corrected chi connectivity index (χ1v) is 8.17. The smallest absolute Gasteiger partial charge is 0.243 e. The van der Waals surface area contributed by atoms with Crippen LogP contribution in [-0.4, -0.2) is 25.7 Å². The maximum atomic E-state index is 12.0. The van der Waals surface area contributed by atoms with Crippen molar-refractivity contribution in [3.63, 3.8) is 0 Å². The Bertz CT molecular complexity index is 944. The summed E-state index contributed by atoms with van der Waals surface area (Å²) in [5, 5.41) is 5.72. The van der Waals surface area contributed by atoms with Crippen molar-refractivity contribution in [2.75, 3.05) is 5.43 Å². The fourth-order valence-corrected chi connectivity index (χ4v) is 2.40. The third kappa shape index (κ3) is 3.41. The van der Waals surface area contributed by atoms with E-state index in [2.05, 4.69) is 25.9 Å². The highest BCUT2D eigenvalue weighted by Crippen LogP contribution is 2.25. The van der Waals surface area contributed by atoms with Crippen LogP contribution in [0.3, 0.4) is 0 Å². The number of rotatable bonds is 3. The van der Waals surface area contributed by atoms with Gasteiger partial charge in [-0.1, -0.05) is 38.4 Å². The molecule has 0 saturated carbocycles. The van der Waals surface area contributed by atoms with Crippen LogP contribution >= 0.6 is 11.6 Å². The molecule has 3 aromatic rings. The lowest BCUT2D eigenvalue weighted by Crippen LogP contribution is -2.38. The van der Waals surface area contributed by atoms with E-state index in [1.165, 1.54) is 6.33 Å². The van der Waals surface area contributed by atoms with E-state index in [0.717, 1.165) is 11.3 Å². The Balaban J connectivity index is 1.98. The molecule has 2 aromatic heterocycles. The fourth-order valence-electron chi connectivity index (χ4n) is 2.23. The van der Waals surface area contributed by atoms with Crippen molar-refractivity contribution in [3.05, 3.63) is 41.3 Å². The molecule has 1 aromatic carbocycles. The molecule has 0 aliphatic heterocycles. The van der Waals surface area contributed by atoms with E-state index in [9.17, 15) is 4.79 Å². The number of halogens is 1. The quantitative estimate of drug-likeness (QED) is 0.702. The highest BCUT2D eigenvalue weighted by molar-refractivity contribution is 6.30. The number of carbonyl (C=O) groups is 1. The summed E-state index contributed by atoms with van der Waals surface area (Å²) in [4.78, 5) is 20.5. The van der Waals surface area contributed by atoms with Crippen molar-refractivity contribution in [2.24, 2.45) is 5.41 Å². The minimum Gasteiger partial charge on any atom is -0.281 e. The molecular weight excluding hydrogens is 340 g/mol. The minimum absolute atomic E-state index is 0.141. The van der Waals surface area contributed by atoms with Crippen molar-refractivity contribution >= 4 is 34.4 Å². The standard InChI is InChI=1S/C17H19ClN6O/c1-10-5-6-11(18)7-13(10)24-15-12(8-21-24)14(19-9-20-15)22-23-16(25)17(2,3)4/h5-9H,1-4H3,(H,23,25)(H,19,20,22). The van der Waals surface area contributed by atoms with Crippen LogP contribution in [0.2, 0.25) is 5.02 Å². The molecule has 0 aliphatic rings. The van der Waals surface area contributed by atoms with Crippen molar-refractivity contribution in [3.8, 4) is 5.69 Å². The zero-order valence-corrected chi connectivity index (χ0v) is 15.2. The van der Waals surface area contributed by atoms with Gasteiger partial charge in [-0.15, -0.1) is 0 Å². The monoisotopic (exact) mass is 358 g/mol. The number of hydrogen-bond donors (Lipinski definition) is 2. The summed E-state index contributed by atoms with van der Waals surface area (Å²) in [6.07, 6.45) is 3.08. The van der Waals surface area contributed by atoms with E-state index in [-0.39, 0.29) is 5.91 Å². The number of amides is 1. The lowest BCUT2D eigenvalue weighted by molar-refractivity contribution is -0.127. The van der Waals surface area contributed by atoms with Crippen LogP contribution in [0, 0.1) is 12.3 Å². The van der Waals surface area contributed by atoms with Crippen molar-refractivity contribution in [1.29, 1.82) is 0 Å². The molecule has 7 nitrogen and oxygen atoms in total. The van der Waals surface area contributed by atoms with Gasteiger partial charge in [0.1, 0.15) is 6.33 Å². The van der Waals surface area contributed by atoms with Crippen LogP contribution in [-0.2, 0) is 4.79 Å². The third-order valence-electron chi connectivity index (χ3n) is 3.74. The molecule has 0 spiro atoms. The van der Waals surface area contributed by atoms with Crippen molar-refractivity contribution < 1.29 is 4.79 Å². The van der Waals surface area contributed by atoms with Gasteiger partial charge in [-0.05, 0) is 24.6 Å². The predicted octanol–water partition coefficient (Wildman–Crippen LogP) is 3.27. The SMILES string of the molecule is Cc1ccc(Cl)cc1-n1ncc2c(NNC(=O)C(C)(C)C)ncnc21. The van der Waals surface area contributed by atoms with Gasteiger partial charge in [-0.2, -0.15) is 5.10 Å². The summed E-state index contributed by atoms with van der Waals surface area (Å²) in [6, 6.07) is 5.59. The average molecular weight is 359 g/mol. The lowest BCUT2D eigenvalue weighted by atomic mass is 9.96. The summed E-state index contributed by atoms with van der Waals surface area (Å²) < 4.78 is 1.70. The maximum Gasteiger partial charge on any atom is 0.243 e. The highest BCUT2D eigenvalue weighted by Gasteiger charge is 2.21. The molecule has 0 unspecified atom stereocenters. The summed E-state index contributed by atoms with van der Waals surface area (Å²) >= 11 is 6.11. The molecule has 0 fully saturated rings. The highest BCUT2D eigenvalue weighted by atomic mass is 35.5. The van der Waals surface area contributed by atoms with Crippen LogP contribution in [0.5, 0.6) is 0 Å². The number of anilines is 1. The molecule has 0 bridgehead atoms. The van der Waals surface area contributed by atoms with E-state index >= 15 is 0 Å². The van der Waals surface area contributed by atoms with Gasteiger partial charge in [-0.3, -0.25) is 15.6 Å². The van der Waals surface area contributed by atoms with Crippen molar-refractivity contribution in [1.82, 2.24) is 25.2 Å². The fraction of sp³-hybridized carbons (Fsp3) is 0.294. The Kier molecular flexibility index (Phi) is 4.34. The van der Waals surface area contributed by atoms with E-state index in [1.807, 2.05) is 45.9 Å². The minimum atomic E-state index is -0.513. The number of hydrazine groups is 1. The first-order valence-electron chi connectivity index (χ1n) is 7.79. The van der Waals surface area contributed by atoms with Gasteiger partial charge in [0.05, 0.1) is 17.3 Å². The van der Waals surface area contributed by atoms with E-state index in [0.29, 0.717) is 21.9 Å². The number of nitrogens with zero attached hydrogens (tertiary/aromatic N) is 4. The second-order valence-electron chi connectivity index (χ2n) is 6.78. The van der Waals surface area contributed by atoms with Gasteiger partial charge in [0.2, 0.25) is 5.91 Å². The van der Waals surface area contributed by atoms with Crippen LogP contribution < -0.4 is 10.9 Å². The molecule has 0 aliphatic carbocycles. The summed E-state index contributed by atoms with van der Waals surface area (Å²) in [6.45, 7) is 7.47. The predicted molar refractivity (Wildman–Crippen MR) is 97.6 cm³/mol. The largest absolute Gasteiger partial charge is 0.281 e. The number of benzene rings is 1. The van der Waals surface area contributed by atoms with Gasteiger partial charge in [0.15, 0.2) is 11.5 Å². The molecule has 2 heterocycles. The second kappa shape index (κ2) is 6.33. The Morgan fingerprint density at radius 2 is 2.00 bits per heavy atom. The Labute approximate surface area is 150 Å². The van der Waals surface area contributed by atoms with Gasteiger partial charge in [-0.25, -0.2) is 14.6 Å². The molecule has 0 atom stereocenters. The van der Waals surface area contributed by atoms with E-state index in [4.69, 9.17) is 11.6 Å². The van der Waals surface area contributed by atoms with Crippen LogP contribution in [0.4, 0.5) is 5.82 Å². The second-order valence-corrected chi connectivity index (χ2v) is 7.21. The molecule has 8 heteroatoms. The summed E-state index contributed by atoms with van der Waals surface area (Å²) in [7, 11) is 0. The molecule has 25 heavy (non-hydrogen) atoms. The topological polar surface area (TPSA) is 84.7 Å². The number of aryl methyl sites for hydroxylation is 1. The zero-order chi connectivity index (χ0) is 18.2. The molecule has 3 rings (SSSR count). The molecule has 0 saturated heterocycles. The number of nitrogens with one attached hydrogen (secondary N) is 2. The van der Waals surface area contributed by atoms with Crippen molar-refractivity contribution in [2.45, 2.75) is 27.7 Å². The maximum absolute atomic E-state index is 12.0. The van der Waals surface area contributed by atoms with Crippen LogP contribution in [0.25, 0.3) is 16.7 Å². The first kappa shape index (κ1) is 17.2. The first-order chi connectivity index (χ1) is 11.8. The number of fused-ring (bicyclic) bond motifs is 1. The molecule has 0 radical (unpaired) electrons.